The molecular weight excluding hydrogens is 382 g/mol. The lowest BCUT2D eigenvalue weighted by Gasteiger charge is -2.34. The van der Waals surface area contributed by atoms with E-state index in [2.05, 4.69) is 20.4 Å². The third kappa shape index (κ3) is 5.19. The van der Waals surface area contributed by atoms with Crippen LogP contribution in [0.5, 0.6) is 0 Å². The normalized spacial score (nSPS) is 15.5. The zero-order chi connectivity index (χ0) is 21.7. The van der Waals surface area contributed by atoms with Gasteiger partial charge in [-0.05, 0) is 19.0 Å². The fourth-order valence-corrected chi connectivity index (χ4v) is 3.82. The molecule has 0 aliphatic carbocycles. The fraction of sp³-hybridized carbons (Fsp3) is 0.545. The summed E-state index contributed by atoms with van der Waals surface area (Å²) in [4.78, 5) is 35.9. The van der Waals surface area contributed by atoms with Crippen LogP contribution in [0.3, 0.4) is 0 Å². The summed E-state index contributed by atoms with van der Waals surface area (Å²) in [6, 6.07) is 7.99. The summed E-state index contributed by atoms with van der Waals surface area (Å²) in [5.41, 5.74) is 1.73. The summed E-state index contributed by atoms with van der Waals surface area (Å²) in [7, 11) is 6.72. The van der Waals surface area contributed by atoms with Crippen LogP contribution in [0.1, 0.15) is 16.8 Å². The Morgan fingerprint density at radius 2 is 1.67 bits per heavy atom. The van der Waals surface area contributed by atoms with Crippen LogP contribution in [0.25, 0.3) is 10.9 Å². The summed E-state index contributed by atoms with van der Waals surface area (Å²) in [6.45, 7) is 6.17. The highest BCUT2D eigenvalue weighted by atomic mass is 16.7. The summed E-state index contributed by atoms with van der Waals surface area (Å²) in [5, 5.41) is 2.21. The Balaban J connectivity index is 1.55. The Bertz CT molecular complexity index is 871. The summed E-state index contributed by atoms with van der Waals surface area (Å²) in [5.74, 6) is 0.0169. The van der Waals surface area contributed by atoms with Gasteiger partial charge in [0, 0.05) is 71.0 Å². The maximum absolute atomic E-state index is 12.6. The second-order valence-corrected chi connectivity index (χ2v) is 8.00. The van der Waals surface area contributed by atoms with Gasteiger partial charge in [-0.15, -0.1) is 0 Å². The number of carbonyl (C=O) groups is 2. The van der Waals surface area contributed by atoms with Crippen molar-refractivity contribution in [3.8, 4) is 0 Å². The van der Waals surface area contributed by atoms with E-state index in [0.717, 1.165) is 56.6 Å². The Morgan fingerprint density at radius 1 is 1.00 bits per heavy atom. The van der Waals surface area contributed by atoms with Gasteiger partial charge in [-0.25, -0.2) is 5.06 Å². The molecule has 0 atom stereocenters. The number of hydrogen-bond acceptors (Lipinski definition) is 5. The van der Waals surface area contributed by atoms with Gasteiger partial charge in [0.2, 0.25) is 5.91 Å². The van der Waals surface area contributed by atoms with E-state index in [-0.39, 0.29) is 11.8 Å². The number of hydroxylamine groups is 2. The Kier molecular flexibility index (Phi) is 7.47. The molecule has 1 aromatic heterocycles. The Morgan fingerprint density at radius 3 is 2.33 bits per heavy atom. The monoisotopic (exact) mass is 415 g/mol. The zero-order valence-electron chi connectivity index (χ0n) is 18.5. The van der Waals surface area contributed by atoms with Crippen LogP contribution in [-0.4, -0.2) is 104 Å². The second-order valence-electron chi connectivity index (χ2n) is 8.00. The van der Waals surface area contributed by atoms with Crippen molar-refractivity contribution in [2.24, 2.45) is 0 Å². The van der Waals surface area contributed by atoms with Gasteiger partial charge < -0.3 is 14.4 Å². The highest BCUT2D eigenvalue weighted by Gasteiger charge is 2.20. The molecule has 2 aromatic rings. The highest BCUT2D eigenvalue weighted by Crippen LogP contribution is 2.23. The number of likely N-dealkylation sites (N-methyl/N-ethyl adjacent to an activating group) is 1. The van der Waals surface area contributed by atoms with Crippen LogP contribution in [0.15, 0.2) is 30.5 Å². The van der Waals surface area contributed by atoms with E-state index in [4.69, 9.17) is 4.84 Å². The molecule has 0 spiro atoms. The molecule has 1 aliphatic heterocycles. The average Bonchev–Trinajstić information content (AvgIpc) is 3.12. The average molecular weight is 416 g/mol. The summed E-state index contributed by atoms with van der Waals surface area (Å²) in [6.07, 6.45) is 2.94. The molecular formula is C22H33N5O3. The molecule has 0 N–H and O–H groups in total. The number of fused-ring (bicyclic) bond motifs is 1. The zero-order valence-corrected chi connectivity index (χ0v) is 18.5. The smallest absolute Gasteiger partial charge is 0.279 e. The number of nitrogens with zero attached hydrogens (tertiary/aromatic N) is 5. The summed E-state index contributed by atoms with van der Waals surface area (Å²) >= 11 is 0. The number of amides is 2. The van der Waals surface area contributed by atoms with Gasteiger partial charge in [0.15, 0.2) is 0 Å². The van der Waals surface area contributed by atoms with Gasteiger partial charge in [-0.1, -0.05) is 18.2 Å². The second kappa shape index (κ2) is 10.1. The number of para-hydroxylation sites is 1. The number of piperazine rings is 1. The molecule has 2 heterocycles. The van der Waals surface area contributed by atoms with E-state index in [1.807, 2.05) is 24.4 Å². The number of benzene rings is 1. The van der Waals surface area contributed by atoms with Crippen LogP contribution < -0.4 is 0 Å². The van der Waals surface area contributed by atoms with E-state index in [0.29, 0.717) is 12.1 Å². The van der Waals surface area contributed by atoms with Crippen molar-refractivity contribution in [1.29, 1.82) is 0 Å². The maximum Gasteiger partial charge on any atom is 0.279 e. The topological polar surface area (TPSA) is 61.3 Å². The number of aromatic nitrogens is 1. The quantitative estimate of drug-likeness (QED) is 0.610. The van der Waals surface area contributed by atoms with E-state index < -0.39 is 0 Å². The SMILES string of the molecule is CON(C)C(=O)c1cn(CCCN2CCN(CC(=O)N(C)C)CC2)c2ccccc12. The minimum absolute atomic E-state index is 0.143. The van der Waals surface area contributed by atoms with Crippen LogP contribution in [0, 0.1) is 0 Å². The fourth-order valence-electron chi connectivity index (χ4n) is 3.82. The molecule has 1 aliphatic rings. The van der Waals surface area contributed by atoms with Gasteiger partial charge in [-0.2, -0.15) is 0 Å². The van der Waals surface area contributed by atoms with E-state index in [1.54, 1.807) is 26.0 Å². The van der Waals surface area contributed by atoms with Crippen molar-refractivity contribution < 1.29 is 14.4 Å². The number of rotatable bonds is 8. The van der Waals surface area contributed by atoms with Gasteiger partial charge >= 0.3 is 0 Å². The maximum atomic E-state index is 12.6. The van der Waals surface area contributed by atoms with Crippen molar-refractivity contribution in [3.63, 3.8) is 0 Å². The molecule has 164 valence electrons. The predicted octanol–water partition coefficient (Wildman–Crippen LogP) is 1.37. The molecule has 0 bridgehead atoms. The van der Waals surface area contributed by atoms with Gasteiger partial charge in [0.25, 0.3) is 5.91 Å². The minimum Gasteiger partial charge on any atom is -0.348 e. The van der Waals surface area contributed by atoms with Gasteiger partial charge in [-0.3, -0.25) is 19.3 Å². The first-order valence-electron chi connectivity index (χ1n) is 10.5. The lowest BCUT2D eigenvalue weighted by molar-refractivity contribution is -0.130. The molecule has 1 fully saturated rings. The molecule has 0 unspecified atom stereocenters. The van der Waals surface area contributed by atoms with Crippen molar-refractivity contribution >= 4 is 22.7 Å². The molecule has 8 nitrogen and oxygen atoms in total. The molecule has 2 amide bonds. The van der Waals surface area contributed by atoms with E-state index in [1.165, 1.54) is 12.2 Å². The first-order chi connectivity index (χ1) is 14.4. The summed E-state index contributed by atoms with van der Waals surface area (Å²) < 4.78 is 2.16. The van der Waals surface area contributed by atoms with Crippen LogP contribution >= 0.6 is 0 Å². The van der Waals surface area contributed by atoms with Crippen LogP contribution in [0.4, 0.5) is 0 Å². The van der Waals surface area contributed by atoms with Crippen LogP contribution in [-0.2, 0) is 16.2 Å². The van der Waals surface area contributed by atoms with Crippen molar-refractivity contribution in [2.75, 3.05) is 67.5 Å². The standard InChI is InChI=1S/C22H33N5O3/c1-23(2)21(28)17-26-14-12-25(13-15-26)10-7-11-27-16-19(22(29)24(3)30-4)18-8-5-6-9-20(18)27/h5-6,8-9,16H,7,10-15,17H2,1-4H3. The molecule has 3 rings (SSSR count). The minimum atomic E-state index is -0.143. The van der Waals surface area contributed by atoms with Gasteiger partial charge in [0.05, 0.1) is 19.2 Å². The Labute approximate surface area is 178 Å². The molecule has 0 radical (unpaired) electrons. The number of aryl methyl sites for hydroxylation is 1. The first-order valence-corrected chi connectivity index (χ1v) is 10.5. The molecule has 1 saturated heterocycles. The lowest BCUT2D eigenvalue weighted by atomic mass is 10.1. The van der Waals surface area contributed by atoms with Gasteiger partial charge in [0.1, 0.15) is 0 Å². The number of carbonyl (C=O) groups excluding carboxylic acids is 2. The van der Waals surface area contributed by atoms with E-state index in [9.17, 15) is 9.59 Å². The van der Waals surface area contributed by atoms with E-state index >= 15 is 0 Å². The lowest BCUT2D eigenvalue weighted by Crippen LogP contribution is -2.49. The third-order valence-electron chi connectivity index (χ3n) is 5.77. The third-order valence-corrected chi connectivity index (χ3v) is 5.77. The molecule has 8 heteroatoms. The van der Waals surface area contributed by atoms with Crippen molar-refractivity contribution in [1.82, 2.24) is 24.3 Å². The van der Waals surface area contributed by atoms with Crippen LogP contribution in [0.2, 0.25) is 0 Å². The number of hydrogen-bond donors (Lipinski definition) is 0. The van der Waals surface area contributed by atoms with Crippen molar-refractivity contribution in [2.45, 2.75) is 13.0 Å². The predicted molar refractivity (Wildman–Crippen MR) is 117 cm³/mol. The molecule has 30 heavy (non-hydrogen) atoms. The first kappa shape index (κ1) is 22.3. The highest BCUT2D eigenvalue weighted by molar-refractivity contribution is 6.06. The Hall–Kier alpha value is -2.42. The largest absolute Gasteiger partial charge is 0.348 e. The molecule has 1 aromatic carbocycles. The van der Waals surface area contributed by atoms with Crippen molar-refractivity contribution in [3.05, 3.63) is 36.0 Å². The molecule has 0 saturated carbocycles.